The highest BCUT2D eigenvalue weighted by Crippen LogP contribution is 2.47. The van der Waals surface area contributed by atoms with Crippen molar-refractivity contribution in [2.75, 3.05) is 20.3 Å². The number of hydrogen-bond donors (Lipinski definition) is 0. The standard InChI is InChI=1S/C22H25NO3/c1-25-12-11-20(24)21-13-22(16-26-21)19-10-6-5-9-18(19)15-23(22)14-17-7-3-2-4-8-17/h2-10,21H,11-16H2,1H3. The molecule has 0 saturated carbocycles. The molecule has 4 heteroatoms. The number of ketones is 1. The molecule has 2 heterocycles. The number of carbonyl (C=O) groups excluding carboxylic acids is 1. The zero-order valence-electron chi connectivity index (χ0n) is 15.2. The highest BCUT2D eigenvalue weighted by molar-refractivity contribution is 5.83. The summed E-state index contributed by atoms with van der Waals surface area (Å²) in [5, 5.41) is 0. The zero-order chi connectivity index (χ0) is 18.0. The van der Waals surface area contributed by atoms with Crippen molar-refractivity contribution in [2.45, 2.75) is 37.6 Å². The van der Waals surface area contributed by atoms with Crippen LogP contribution in [-0.4, -0.2) is 37.1 Å². The first-order chi connectivity index (χ1) is 12.7. The summed E-state index contributed by atoms with van der Waals surface area (Å²) >= 11 is 0. The van der Waals surface area contributed by atoms with Gasteiger partial charge in [0.2, 0.25) is 0 Å². The van der Waals surface area contributed by atoms with Gasteiger partial charge in [0.15, 0.2) is 5.78 Å². The fourth-order valence-electron chi connectivity index (χ4n) is 4.29. The molecule has 136 valence electrons. The lowest BCUT2D eigenvalue weighted by Gasteiger charge is -2.34. The van der Waals surface area contributed by atoms with Gasteiger partial charge in [0.25, 0.3) is 0 Å². The number of hydrogen-bond acceptors (Lipinski definition) is 4. The summed E-state index contributed by atoms with van der Waals surface area (Å²) in [4.78, 5) is 15.0. The van der Waals surface area contributed by atoms with Crippen LogP contribution in [-0.2, 0) is 32.9 Å². The third-order valence-electron chi connectivity index (χ3n) is 5.66. The Morgan fingerprint density at radius 3 is 2.77 bits per heavy atom. The van der Waals surface area contributed by atoms with Crippen molar-refractivity contribution in [2.24, 2.45) is 0 Å². The Bertz CT molecular complexity index is 776. The molecule has 1 spiro atoms. The van der Waals surface area contributed by atoms with E-state index in [1.165, 1.54) is 16.7 Å². The van der Waals surface area contributed by atoms with Crippen LogP contribution in [0, 0.1) is 0 Å². The molecule has 0 aliphatic carbocycles. The Kier molecular flexibility index (Phi) is 4.90. The molecule has 0 radical (unpaired) electrons. The van der Waals surface area contributed by atoms with E-state index in [1.54, 1.807) is 7.11 Å². The van der Waals surface area contributed by atoms with Crippen molar-refractivity contribution in [3.8, 4) is 0 Å². The van der Waals surface area contributed by atoms with E-state index in [0.29, 0.717) is 19.6 Å². The molecule has 2 aromatic carbocycles. The lowest BCUT2D eigenvalue weighted by Crippen LogP contribution is -2.41. The number of rotatable bonds is 6. The van der Waals surface area contributed by atoms with E-state index >= 15 is 0 Å². The van der Waals surface area contributed by atoms with Gasteiger partial charge in [-0.1, -0.05) is 54.6 Å². The summed E-state index contributed by atoms with van der Waals surface area (Å²) < 4.78 is 11.1. The number of ether oxygens (including phenoxy) is 2. The van der Waals surface area contributed by atoms with Gasteiger partial charge in [-0.3, -0.25) is 9.69 Å². The van der Waals surface area contributed by atoms with Crippen LogP contribution in [0.2, 0.25) is 0 Å². The van der Waals surface area contributed by atoms with Crippen molar-refractivity contribution in [1.82, 2.24) is 4.90 Å². The smallest absolute Gasteiger partial charge is 0.163 e. The molecular weight excluding hydrogens is 326 g/mol. The van der Waals surface area contributed by atoms with Crippen LogP contribution in [0.5, 0.6) is 0 Å². The maximum Gasteiger partial charge on any atom is 0.163 e. The number of carbonyl (C=O) groups is 1. The van der Waals surface area contributed by atoms with E-state index in [9.17, 15) is 4.79 Å². The first kappa shape index (κ1) is 17.4. The van der Waals surface area contributed by atoms with Crippen LogP contribution in [0.4, 0.5) is 0 Å². The lowest BCUT2D eigenvalue weighted by atomic mass is 9.86. The van der Waals surface area contributed by atoms with E-state index in [0.717, 1.165) is 19.5 Å². The second-order valence-corrected chi connectivity index (χ2v) is 7.24. The van der Waals surface area contributed by atoms with Gasteiger partial charge in [0.05, 0.1) is 18.8 Å². The summed E-state index contributed by atoms with van der Waals surface area (Å²) in [7, 11) is 1.62. The van der Waals surface area contributed by atoms with Crippen molar-refractivity contribution in [1.29, 1.82) is 0 Å². The number of fused-ring (bicyclic) bond motifs is 2. The second-order valence-electron chi connectivity index (χ2n) is 7.24. The van der Waals surface area contributed by atoms with Crippen LogP contribution in [0.25, 0.3) is 0 Å². The Hall–Kier alpha value is -2.01. The Balaban J connectivity index is 1.61. The summed E-state index contributed by atoms with van der Waals surface area (Å²) in [5.41, 5.74) is 3.74. The van der Waals surface area contributed by atoms with Gasteiger partial charge in [-0.15, -0.1) is 0 Å². The summed E-state index contributed by atoms with van der Waals surface area (Å²) in [5.74, 6) is 0.146. The molecule has 1 fully saturated rings. The van der Waals surface area contributed by atoms with Crippen LogP contribution >= 0.6 is 0 Å². The molecule has 2 aliphatic rings. The first-order valence-electron chi connectivity index (χ1n) is 9.23. The van der Waals surface area contributed by atoms with Crippen molar-refractivity contribution >= 4 is 5.78 Å². The molecule has 0 N–H and O–H groups in total. The molecule has 2 unspecified atom stereocenters. The SMILES string of the molecule is COCCC(=O)C1CC2(CO1)c1ccccc1CN2Cc1ccccc1. The minimum atomic E-state index is -0.338. The molecule has 0 aromatic heterocycles. The topological polar surface area (TPSA) is 38.8 Å². The first-order valence-corrected chi connectivity index (χ1v) is 9.23. The molecule has 2 atom stereocenters. The van der Waals surface area contributed by atoms with E-state index in [4.69, 9.17) is 9.47 Å². The minimum absolute atomic E-state index is 0.146. The quantitative estimate of drug-likeness (QED) is 0.800. The van der Waals surface area contributed by atoms with Crippen molar-refractivity contribution < 1.29 is 14.3 Å². The van der Waals surface area contributed by atoms with Crippen LogP contribution in [0.3, 0.4) is 0 Å². The van der Waals surface area contributed by atoms with E-state index < -0.39 is 0 Å². The average Bonchev–Trinajstić information content (AvgIpc) is 3.25. The maximum absolute atomic E-state index is 12.5. The number of Topliss-reactive ketones (excluding diaryl/α,β-unsaturated/α-hetero) is 1. The summed E-state index contributed by atoms with van der Waals surface area (Å²) in [6, 6.07) is 19.1. The number of nitrogens with zero attached hydrogens (tertiary/aromatic N) is 1. The van der Waals surface area contributed by atoms with Crippen molar-refractivity contribution in [3.63, 3.8) is 0 Å². The van der Waals surface area contributed by atoms with E-state index in [2.05, 4.69) is 53.4 Å². The zero-order valence-corrected chi connectivity index (χ0v) is 15.2. The predicted molar refractivity (Wildman–Crippen MR) is 99.7 cm³/mol. The van der Waals surface area contributed by atoms with Gasteiger partial charge in [-0.2, -0.15) is 0 Å². The third kappa shape index (κ3) is 3.09. The molecule has 26 heavy (non-hydrogen) atoms. The molecule has 1 saturated heterocycles. The number of methoxy groups -OCH3 is 1. The molecule has 0 amide bonds. The number of benzene rings is 2. The predicted octanol–water partition coefficient (Wildman–Crippen LogP) is 3.29. The Morgan fingerprint density at radius 2 is 1.96 bits per heavy atom. The maximum atomic E-state index is 12.5. The van der Waals surface area contributed by atoms with Gasteiger partial charge in [0.1, 0.15) is 6.10 Å². The van der Waals surface area contributed by atoms with Gasteiger partial charge < -0.3 is 9.47 Å². The second kappa shape index (κ2) is 7.31. The molecule has 0 bridgehead atoms. The Labute approximate surface area is 154 Å². The van der Waals surface area contributed by atoms with Gasteiger partial charge in [0, 0.05) is 33.0 Å². The third-order valence-corrected chi connectivity index (χ3v) is 5.66. The van der Waals surface area contributed by atoms with Crippen LogP contribution in [0.1, 0.15) is 29.5 Å². The molecular formula is C22H25NO3. The normalized spacial score (nSPS) is 24.9. The van der Waals surface area contributed by atoms with E-state index in [-0.39, 0.29) is 17.4 Å². The van der Waals surface area contributed by atoms with Gasteiger partial charge >= 0.3 is 0 Å². The molecule has 2 aromatic rings. The minimum Gasteiger partial charge on any atom is -0.384 e. The lowest BCUT2D eigenvalue weighted by molar-refractivity contribution is -0.128. The Morgan fingerprint density at radius 1 is 1.19 bits per heavy atom. The van der Waals surface area contributed by atoms with Crippen LogP contribution < -0.4 is 0 Å². The van der Waals surface area contributed by atoms with E-state index in [1.807, 2.05) is 6.07 Å². The highest BCUT2D eigenvalue weighted by atomic mass is 16.5. The van der Waals surface area contributed by atoms with Crippen molar-refractivity contribution in [3.05, 3.63) is 71.3 Å². The van der Waals surface area contributed by atoms with Gasteiger partial charge in [-0.25, -0.2) is 0 Å². The summed E-state index contributed by atoms with van der Waals surface area (Å²) in [6.45, 7) is 2.78. The molecule has 4 nitrogen and oxygen atoms in total. The van der Waals surface area contributed by atoms with Crippen LogP contribution in [0.15, 0.2) is 54.6 Å². The molecule has 4 rings (SSSR count). The molecule has 2 aliphatic heterocycles. The van der Waals surface area contributed by atoms with Gasteiger partial charge in [-0.05, 0) is 16.7 Å². The average molecular weight is 351 g/mol. The summed E-state index contributed by atoms with van der Waals surface area (Å²) in [6.07, 6.45) is 0.798. The largest absolute Gasteiger partial charge is 0.384 e. The fourth-order valence-corrected chi connectivity index (χ4v) is 4.29. The monoisotopic (exact) mass is 351 g/mol. The highest BCUT2D eigenvalue weighted by Gasteiger charge is 2.51. The fraction of sp³-hybridized carbons (Fsp3) is 0.409.